The predicted molar refractivity (Wildman–Crippen MR) is 104 cm³/mol. The van der Waals surface area contributed by atoms with Gasteiger partial charge in [-0.05, 0) is 30.7 Å². The van der Waals surface area contributed by atoms with Crippen LogP contribution in [0.15, 0.2) is 30.3 Å². The van der Waals surface area contributed by atoms with Crippen LogP contribution in [0, 0.1) is 0 Å². The summed E-state index contributed by atoms with van der Waals surface area (Å²) in [7, 11) is 0. The Balaban J connectivity index is 1.58. The molecule has 9 nitrogen and oxygen atoms in total. The maximum absolute atomic E-state index is 11.8. The van der Waals surface area contributed by atoms with E-state index < -0.39 is 5.91 Å². The number of amides is 1. The van der Waals surface area contributed by atoms with Gasteiger partial charge in [0, 0.05) is 30.4 Å². The molecule has 1 saturated heterocycles. The Labute approximate surface area is 162 Å². The second-order valence-corrected chi connectivity index (χ2v) is 6.72. The Morgan fingerprint density at radius 3 is 2.71 bits per heavy atom. The van der Waals surface area contributed by atoms with Gasteiger partial charge in [0.25, 0.3) is 5.91 Å². The zero-order chi connectivity index (χ0) is 19.5. The molecule has 28 heavy (non-hydrogen) atoms. The maximum Gasteiger partial charge on any atom is 0.252 e. The average molecular weight is 385 g/mol. The molecule has 2 atom stereocenters. The van der Waals surface area contributed by atoms with E-state index in [1.54, 1.807) is 18.2 Å². The molecule has 2 aromatic rings. The van der Waals surface area contributed by atoms with Gasteiger partial charge in [0.1, 0.15) is 24.8 Å². The van der Waals surface area contributed by atoms with Gasteiger partial charge in [0.05, 0.1) is 12.2 Å². The van der Waals surface area contributed by atoms with Crippen molar-refractivity contribution >= 4 is 23.2 Å². The monoisotopic (exact) mass is 385 g/mol. The van der Waals surface area contributed by atoms with Crippen LogP contribution in [0.25, 0.3) is 0 Å². The number of nitrogens with one attached hydrogen (secondary N) is 2. The number of aromatic nitrogens is 1. The summed E-state index contributed by atoms with van der Waals surface area (Å²) in [6.07, 6.45) is 0.783. The summed E-state index contributed by atoms with van der Waals surface area (Å²) in [6.45, 7) is 2.16. The van der Waals surface area contributed by atoms with Gasteiger partial charge in [0.15, 0.2) is 11.5 Å². The lowest BCUT2D eigenvalue weighted by Gasteiger charge is -2.30. The number of pyridine rings is 1. The third-order valence-electron chi connectivity index (χ3n) is 4.70. The van der Waals surface area contributed by atoms with E-state index in [9.17, 15) is 4.79 Å². The van der Waals surface area contributed by atoms with Crippen LogP contribution in [-0.2, 0) is 4.74 Å². The topological polar surface area (TPSA) is 134 Å². The molecule has 148 valence electrons. The van der Waals surface area contributed by atoms with E-state index in [4.69, 9.17) is 25.7 Å². The molecule has 0 unspecified atom stereocenters. The third-order valence-corrected chi connectivity index (χ3v) is 4.70. The summed E-state index contributed by atoms with van der Waals surface area (Å²) < 4.78 is 16.5. The van der Waals surface area contributed by atoms with Crippen LogP contribution in [0.5, 0.6) is 11.5 Å². The van der Waals surface area contributed by atoms with Crippen molar-refractivity contribution in [2.45, 2.75) is 18.5 Å². The summed E-state index contributed by atoms with van der Waals surface area (Å²) in [5.74, 6) is 1.72. The number of rotatable bonds is 5. The highest BCUT2D eigenvalue weighted by atomic mass is 16.6. The Kier molecular flexibility index (Phi) is 5.18. The number of nitrogens with zero attached hydrogens (tertiary/aromatic N) is 1. The van der Waals surface area contributed by atoms with Crippen LogP contribution >= 0.6 is 0 Å². The van der Waals surface area contributed by atoms with Crippen molar-refractivity contribution in [2.75, 3.05) is 37.1 Å². The molecule has 1 fully saturated rings. The molecule has 0 spiro atoms. The molecular formula is C19H23N5O4. The number of hydrogen-bond acceptors (Lipinski definition) is 8. The van der Waals surface area contributed by atoms with E-state index in [1.165, 1.54) is 0 Å². The summed E-state index contributed by atoms with van der Waals surface area (Å²) in [4.78, 5) is 16.4. The zero-order valence-corrected chi connectivity index (χ0v) is 15.3. The summed E-state index contributed by atoms with van der Waals surface area (Å²) in [5, 5.41) is 6.47. The van der Waals surface area contributed by atoms with Gasteiger partial charge in [-0.25, -0.2) is 4.98 Å². The molecule has 2 aliphatic rings. The molecule has 0 radical (unpaired) electrons. The van der Waals surface area contributed by atoms with Crippen molar-refractivity contribution in [3.8, 4) is 11.5 Å². The molecule has 1 amide bonds. The molecular weight excluding hydrogens is 362 g/mol. The molecule has 1 aromatic carbocycles. The van der Waals surface area contributed by atoms with Crippen molar-refractivity contribution in [3.63, 3.8) is 0 Å². The van der Waals surface area contributed by atoms with Gasteiger partial charge >= 0.3 is 0 Å². The SMILES string of the molecule is NC(=O)c1ccc(N[C@@H]2CCOC[C@@H]2N)nc1Nc1ccc2c(c1)OCCO2. The summed E-state index contributed by atoms with van der Waals surface area (Å²) >= 11 is 0. The first kappa shape index (κ1) is 18.3. The second-order valence-electron chi connectivity index (χ2n) is 6.72. The van der Waals surface area contributed by atoms with Gasteiger partial charge in [-0.2, -0.15) is 0 Å². The Morgan fingerprint density at radius 1 is 1.11 bits per heavy atom. The first-order valence-corrected chi connectivity index (χ1v) is 9.17. The number of nitrogens with two attached hydrogens (primary N) is 2. The number of anilines is 3. The lowest BCUT2D eigenvalue weighted by Crippen LogP contribution is -2.47. The van der Waals surface area contributed by atoms with E-state index >= 15 is 0 Å². The van der Waals surface area contributed by atoms with E-state index in [1.807, 2.05) is 12.1 Å². The highest BCUT2D eigenvalue weighted by Gasteiger charge is 2.23. The molecule has 0 aliphatic carbocycles. The van der Waals surface area contributed by atoms with Crippen molar-refractivity contribution in [2.24, 2.45) is 11.5 Å². The van der Waals surface area contributed by atoms with Gasteiger partial charge in [-0.15, -0.1) is 0 Å². The molecule has 1 aromatic heterocycles. The number of fused-ring (bicyclic) bond motifs is 1. The minimum atomic E-state index is -0.568. The van der Waals surface area contributed by atoms with E-state index in [2.05, 4.69) is 15.6 Å². The van der Waals surface area contributed by atoms with Crippen LogP contribution in [-0.4, -0.2) is 49.4 Å². The van der Waals surface area contributed by atoms with Crippen LogP contribution in [0.1, 0.15) is 16.8 Å². The number of primary amides is 1. The molecule has 0 saturated carbocycles. The van der Waals surface area contributed by atoms with Gasteiger partial charge in [-0.1, -0.05) is 0 Å². The fraction of sp³-hybridized carbons (Fsp3) is 0.368. The number of carbonyl (C=O) groups is 1. The average Bonchev–Trinajstić information content (AvgIpc) is 2.70. The van der Waals surface area contributed by atoms with Crippen molar-refractivity contribution in [3.05, 3.63) is 35.9 Å². The van der Waals surface area contributed by atoms with Crippen LogP contribution in [0.4, 0.5) is 17.3 Å². The van der Waals surface area contributed by atoms with Gasteiger partial charge < -0.3 is 36.3 Å². The predicted octanol–water partition coefficient (Wildman–Crippen LogP) is 1.22. The Bertz CT molecular complexity index is 875. The normalized spacial score (nSPS) is 21.0. The first-order chi connectivity index (χ1) is 13.6. The molecule has 2 aliphatic heterocycles. The standard InChI is InChI=1S/C19H23N5O4/c20-13-10-26-6-5-14(13)23-17-4-2-12(18(21)25)19(24-17)22-11-1-3-15-16(9-11)28-8-7-27-15/h1-4,9,13-14H,5-8,10,20H2,(H2,21,25)(H2,22,23,24)/t13-,14+/m0/s1. The van der Waals surface area contributed by atoms with Crippen LogP contribution in [0.3, 0.4) is 0 Å². The largest absolute Gasteiger partial charge is 0.486 e. The second kappa shape index (κ2) is 7.91. The lowest BCUT2D eigenvalue weighted by molar-refractivity contribution is 0.0752. The number of hydrogen-bond donors (Lipinski definition) is 4. The maximum atomic E-state index is 11.8. The minimum absolute atomic E-state index is 0.0443. The first-order valence-electron chi connectivity index (χ1n) is 9.17. The van der Waals surface area contributed by atoms with E-state index in [0.717, 1.165) is 6.42 Å². The fourth-order valence-electron chi connectivity index (χ4n) is 3.22. The van der Waals surface area contributed by atoms with Crippen molar-refractivity contribution < 1.29 is 19.0 Å². The lowest BCUT2D eigenvalue weighted by atomic mass is 10.0. The van der Waals surface area contributed by atoms with E-state index in [-0.39, 0.29) is 17.6 Å². The fourth-order valence-corrected chi connectivity index (χ4v) is 3.22. The Morgan fingerprint density at radius 2 is 1.93 bits per heavy atom. The molecule has 6 N–H and O–H groups in total. The number of ether oxygens (including phenoxy) is 3. The highest BCUT2D eigenvalue weighted by molar-refractivity contribution is 5.98. The smallest absolute Gasteiger partial charge is 0.252 e. The minimum Gasteiger partial charge on any atom is -0.486 e. The van der Waals surface area contributed by atoms with Crippen LogP contribution in [0.2, 0.25) is 0 Å². The number of carbonyl (C=O) groups excluding carboxylic acids is 1. The van der Waals surface area contributed by atoms with Gasteiger partial charge in [-0.3, -0.25) is 4.79 Å². The molecule has 9 heteroatoms. The summed E-state index contributed by atoms with van der Waals surface area (Å²) in [5.41, 5.74) is 12.6. The van der Waals surface area contributed by atoms with Crippen molar-refractivity contribution in [1.82, 2.24) is 4.98 Å². The van der Waals surface area contributed by atoms with E-state index in [0.29, 0.717) is 55.2 Å². The zero-order valence-electron chi connectivity index (χ0n) is 15.3. The molecule has 3 heterocycles. The summed E-state index contributed by atoms with van der Waals surface area (Å²) in [6, 6.07) is 8.72. The number of benzene rings is 1. The highest BCUT2D eigenvalue weighted by Crippen LogP contribution is 2.34. The third kappa shape index (κ3) is 3.95. The van der Waals surface area contributed by atoms with Crippen molar-refractivity contribution in [1.29, 1.82) is 0 Å². The van der Waals surface area contributed by atoms with Gasteiger partial charge in [0.2, 0.25) is 0 Å². The van der Waals surface area contributed by atoms with Crippen LogP contribution < -0.4 is 31.6 Å². The quantitative estimate of drug-likeness (QED) is 0.604. The molecule has 0 bridgehead atoms. The molecule has 4 rings (SSSR count). The Hall–Kier alpha value is -3.04.